The molecule has 3 aliphatic rings. The molecule has 1 aliphatic carbocycles. The van der Waals surface area contributed by atoms with Gasteiger partial charge in [-0.05, 0) is 109 Å². The molecule has 2 amide bonds. The number of nitrogens with zero attached hydrogens (tertiary/aromatic N) is 2. The second-order valence-corrected chi connectivity index (χ2v) is 21.9. The topological polar surface area (TPSA) is 49.9 Å². The molecule has 5 nitrogen and oxygen atoms in total. The molecular formula is C39H53Cl2F3N2O3Si. The van der Waals surface area contributed by atoms with Crippen LogP contribution in [0.2, 0.25) is 26.7 Å². The number of halogens is 5. The molecule has 2 aliphatic heterocycles. The maximum atomic E-state index is 13.7. The molecule has 1 saturated carbocycles. The fraction of sp³-hybridized carbons (Fsp3) is 0.641. The summed E-state index contributed by atoms with van der Waals surface area (Å²) in [6, 6.07) is 10.9. The Balaban J connectivity index is 1.17. The van der Waals surface area contributed by atoms with Crippen LogP contribution in [0.1, 0.15) is 102 Å². The van der Waals surface area contributed by atoms with Crippen LogP contribution in [0.5, 0.6) is 0 Å². The Morgan fingerprint density at radius 2 is 1.36 bits per heavy atom. The third-order valence-corrected chi connectivity index (χ3v) is 18.6. The number of likely N-dealkylation sites (tertiary alicyclic amines) is 2. The van der Waals surface area contributed by atoms with Crippen LogP contribution in [0.4, 0.5) is 13.2 Å². The van der Waals surface area contributed by atoms with Crippen molar-refractivity contribution in [1.82, 2.24) is 9.80 Å². The SMILES string of the molecule is CC(C)[Si](O[C@H]1CC[C@H](N2CCC(Cc3c(Cl)cc(-c4ccc(C(=O)N5CCC(C(F)(F)F)CC5)cc4)cc3Cl)C2=O)CC1)(C(C)C)C(C)C. The van der Waals surface area contributed by atoms with Gasteiger partial charge in [0.1, 0.15) is 0 Å². The monoisotopic (exact) mass is 752 g/mol. The molecule has 2 aromatic rings. The van der Waals surface area contributed by atoms with Gasteiger partial charge in [0, 0.05) is 53.3 Å². The van der Waals surface area contributed by atoms with Crippen LogP contribution in [0.3, 0.4) is 0 Å². The van der Waals surface area contributed by atoms with E-state index < -0.39 is 20.4 Å². The zero-order valence-electron chi connectivity index (χ0n) is 30.3. The van der Waals surface area contributed by atoms with Crippen molar-refractivity contribution in [2.75, 3.05) is 19.6 Å². The molecule has 0 aromatic heterocycles. The van der Waals surface area contributed by atoms with Crippen molar-refractivity contribution >= 4 is 43.3 Å². The van der Waals surface area contributed by atoms with E-state index in [-0.39, 0.29) is 55.8 Å². The molecule has 11 heteroatoms. The standard InChI is InChI=1S/C39H53Cl2F3N2O3Si/c1-24(2)50(25(3)4,26(5)6)49-33-13-11-32(12-14-33)46-20-15-29(38(46)48)21-34-35(40)22-30(23-36(34)41)27-7-9-28(10-8-27)37(47)45-18-16-31(17-19-45)39(42,43)44/h7-10,22-26,29,31-33H,11-21H2,1-6H3/t29?,32-,33-. The predicted molar refractivity (Wildman–Crippen MR) is 198 cm³/mol. The van der Waals surface area contributed by atoms with E-state index in [1.807, 2.05) is 12.1 Å². The molecular weight excluding hydrogens is 700 g/mol. The average molecular weight is 754 g/mol. The fourth-order valence-corrected chi connectivity index (χ4v) is 15.4. The molecule has 5 rings (SSSR count). The highest BCUT2D eigenvalue weighted by molar-refractivity contribution is 6.77. The largest absolute Gasteiger partial charge is 0.413 e. The van der Waals surface area contributed by atoms with Crippen molar-refractivity contribution in [3.63, 3.8) is 0 Å². The Kier molecular flexibility index (Phi) is 12.4. The van der Waals surface area contributed by atoms with Gasteiger partial charge in [-0.2, -0.15) is 13.2 Å². The van der Waals surface area contributed by atoms with Crippen molar-refractivity contribution in [2.24, 2.45) is 11.8 Å². The van der Waals surface area contributed by atoms with Crippen molar-refractivity contribution in [3.8, 4) is 11.1 Å². The molecule has 2 heterocycles. The van der Waals surface area contributed by atoms with Gasteiger partial charge in [0.25, 0.3) is 5.91 Å². The summed E-state index contributed by atoms with van der Waals surface area (Å²) < 4.78 is 46.2. The minimum Gasteiger partial charge on any atom is -0.413 e. The first-order valence-electron chi connectivity index (χ1n) is 18.5. The number of rotatable bonds is 10. The Hall–Kier alpha value is -2.07. The summed E-state index contributed by atoms with van der Waals surface area (Å²) in [6.45, 7) is 14.9. The normalized spacial score (nSPS) is 22.8. The number of hydrogen-bond acceptors (Lipinski definition) is 3. The summed E-state index contributed by atoms with van der Waals surface area (Å²) in [5.41, 5.74) is 4.45. The third-order valence-electron chi connectivity index (χ3n) is 11.8. The molecule has 50 heavy (non-hydrogen) atoms. The Morgan fingerprint density at radius 3 is 1.86 bits per heavy atom. The highest BCUT2D eigenvalue weighted by Gasteiger charge is 2.48. The van der Waals surface area contributed by atoms with Crippen molar-refractivity contribution in [1.29, 1.82) is 0 Å². The maximum absolute atomic E-state index is 13.7. The van der Waals surface area contributed by atoms with Gasteiger partial charge in [-0.25, -0.2) is 0 Å². The molecule has 1 atom stereocenters. The third kappa shape index (κ3) is 8.26. The lowest BCUT2D eigenvalue weighted by atomic mass is 9.92. The number of benzene rings is 2. The number of amides is 2. The minimum atomic E-state index is -4.22. The molecule has 0 N–H and O–H groups in total. The van der Waals surface area contributed by atoms with Gasteiger partial charge in [0.05, 0.1) is 5.92 Å². The van der Waals surface area contributed by atoms with Crippen LogP contribution in [0.25, 0.3) is 11.1 Å². The van der Waals surface area contributed by atoms with Crippen LogP contribution in [-0.2, 0) is 15.6 Å². The summed E-state index contributed by atoms with van der Waals surface area (Å²) >= 11 is 13.6. The van der Waals surface area contributed by atoms with E-state index in [1.165, 1.54) is 4.90 Å². The molecule has 276 valence electrons. The van der Waals surface area contributed by atoms with Crippen LogP contribution < -0.4 is 0 Å². The van der Waals surface area contributed by atoms with Gasteiger partial charge >= 0.3 is 6.18 Å². The van der Waals surface area contributed by atoms with Crippen molar-refractivity contribution < 1.29 is 27.2 Å². The summed E-state index contributed by atoms with van der Waals surface area (Å²) in [4.78, 5) is 30.2. The number of alkyl halides is 3. The first-order valence-corrected chi connectivity index (χ1v) is 21.3. The van der Waals surface area contributed by atoms with Gasteiger partial charge in [-0.15, -0.1) is 0 Å². The van der Waals surface area contributed by atoms with Crippen molar-refractivity contribution in [3.05, 3.63) is 57.6 Å². The Bertz CT molecular complexity index is 1460. The predicted octanol–water partition coefficient (Wildman–Crippen LogP) is 11.0. The van der Waals surface area contributed by atoms with Crippen LogP contribution in [0.15, 0.2) is 36.4 Å². The highest BCUT2D eigenvalue weighted by atomic mass is 35.5. The van der Waals surface area contributed by atoms with E-state index in [0.29, 0.717) is 38.7 Å². The van der Waals surface area contributed by atoms with Crippen LogP contribution >= 0.6 is 23.2 Å². The highest BCUT2D eigenvalue weighted by Crippen LogP contribution is 2.45. The first kappa shape index (κ1) is 39.1. The number of carbonyl (C=O) groups excluding carboxylic acids is 2. The molecule has 2 saturated heterocycles. The quantitative estimate of drug-likeness (QED) is 0.227. The molecule has 0 radical (unpaired) electrons. The van der Waals surface area contributed by atoms with Gasteiger partial charge in [-0.3, -0.25) is 9.59 Å². The Morgan fingerprint density at radius 1 is 0.820 bits per heavy atom. The van der Waals surface area contributed by atoms with Gasteiger partial charge < -0.3 is 14.2 Å². The summed E-state index contributed by atoms with van der Waals surface area (Å²) in [6.07, 6.45) is 1.09. The minimum absolute atomic E-state index is 0.0744. The second-order valence-electron chi connectivity index (χ2n) is 15.7. The summed E-state index contributed by atoms with van der Waals surface area (Å²) in [7, 11) is -1.94. The van der Waals surface area contributed by atoms with E-state index in [0.717, 1.165) is 55.3 Å². The summed E-state index contributed by atoms with van der Waals surface area (Å²) in [5.74, 6) is -1.61. The molecule has 3 fully saturated rings. The lowest BCUT2D eigenvalue weighted by molar-refractivity contribution is -0.183. The Labute approximate surface area is 307 Å². The molecule has 2 aromatic carbocycles. The first-order chi connectivity index (χ1) is 23.5. The maximum Gasteiger partial charge on any atom is 0.391 e. The molecule has 0 bridgehead atoms. The fourth-order valence-electron chi connectivity index (χ4n) is 9.10. The lowest BCUT2D eigenvalue weighted by Gasteiger charge is -2.46. The van der Waals surface area contributed by atoms with Crippen LogP contribution in [0, 0.1) is 11.8 Å². The smallest absolute Gasteiger partial charge is 0.391 e. The average Bonchev–Trinajstić information content (AvgIpc) is 3.43. The zero-order valence-corrected chi connectivity index (χ0v) is 32.8. The van der Waals surface area contributed by atoms with E-state index in [4.69, 9.17) is 27.6 Å². The number of carbonyl (C=O) groups is 2. The van der Waals surface area contributed by atoms with E-state index in [2.05, 4.69) is 46.4 Å². The lowest BCUT2D eigenvalue weighted by Crippen LogP contribution is -2.51. The van der Waals surface area contributed by atoms with Gasteiger partial charge in [-0.1, -0.05) is 76.9 Å². The van der Waals surface area contributed by atoms with E-state index in [1.54, 1.807) is 24.3 Å². The van der Waals surface area contributed by atoms with Gasteiger partial charge in [0.2, 0.25) is 14.2 Å². The van der Waals surface area contributed by atoms with Gasteiger partial charge in [0.15, 0.2) is 0 Å². The number of hydrogen-bond donors (Lipinski definition) is 0. The van der Waals surface area contributed by atoms with Crippen molar-refractivity contribution in [2.45, 2.75) is 128 Å². The van der Waals surface area contributed by atoms with E-state index in [9.17, 15) is 22.8 Å². The second kappa shape index (κ2) is 15.9. The summed E-state index contributed by atoms with van der Waals surface area (Å²) in [5, 5.41) is 0.995. The zero-order chi connectivity index (χ0) is 36.5. The van der Waals surface area contributed by atoms with Crippen LogP contribution in [-0.4, -0.2) is 67.9 Å². The number of piperidine rings is 1. The van der Waals surface area contributed by atoms with E-state index >= 15 is 0 Å². The molecule has 0 spiro atoms. The molecule has 1 unspecified atom stereocenters.